The first-order valence-corrected chi connectivity index (χ1v) is 7.87. The molecule has 21 heavy (non-hydrogen) atoms. The Hall–Kier alpha value is -1.39. The van der Waals surface area contributed by atoms with E-state index in [1.807, 2.05) is 4.90 Å². The van der Waals surface area contributed by atoms with Crippen LogP contribution in [0.3, 0.4) is 0 Å². The first-order chi connectivity index (χ1) is 10.1. The number of hydrogen-bond donors (Lipinski definition) is 1. The average Bonchev–Trinajstić information content (AvgIpc) is 2.51. The van der Waals surface area contributed by atoms with E-state index in [0.29, 0.717) is 12.1 Å². The topological polar surface area (TPSA) is 35.6 Å². The summed E-state index contributed by atoms with van der Waals surface area (Å²) in [6.45, 7) is 6.85. The largest absolute Gasteiger partial charge is 0.338 e. The highest BCUT2D eigenvalue weighted by Gasteiger charge is 2.33. The maximum atomic E-state index is 12.8. The maximum Gasteiger partial charge on any atom is 0.240 e. The summed E-state index contributed by atoms with van der Waals surface area (Å²) in [5.41, 5.74) is 2.63. The lowest BCUT2D eigenvalue weighted by molar-refractivity contribution is -0.137. The summed E-state index contributed by atoms with van der Waals surface area (Å²) in [4.78, 5) is 17.2. The van der Waals surface area contributed by atoms with Crippen molar-refractivity contribution in [3.8, 4) is 0 Å². The van der Waals surface area contributed by atoms with Gasteiger partial charge in [0.25, 0.3) is 0 Å². The molecule has 114 valence electrons. The van der Waals surface area contributed by atoms with Crippen LogP contribution >= 0.6 is 0 Å². The summed E-state index contributed by atoms with van der Waals surface area (Å²) < 4.78 is 0. The molecule has 3 atom stereocenters. The van der Waals surface area contributed by atoms with Gasteiger partial charge in [-0.05, 0) is 38.4 Å². The van der Waals surface area contributed by atoms with Crippen molar-refractivity contribution in [3.63, 3.8) is 0 Å². The van der Waals surface area contributed by atoms with Gasteiger partial charge < -0.3 is 10.2 Å². The molecule has 0 bridgehead atoms. The number of rotatable bonds is 1. The molecule has 4 heteroatoms. The molecule has 3 unspecified atom stereocenters. The fourth-order valence-electron chi connectivity index (χ4n) is 3.43. The molecule has 0 radical (unpaired) electrons. The number of amides is 1. The molecular formula is C17H25N3O. The smallest absolute Gasteiger partial charge is 0.240 e. The van der Waals surface area contributed by atoms with Gasteiger partial charge in [0, 0.05) is 31.7 Å². The third-order valence-electron chi connectivity index (χ3n) is 5.05. The van der Waals surface area contributed by atoms with Crippen LogP contribution in [0.1, 0.15) is 25.0 Å². The molecule has 0 aromatic heterocycles. The second-order valence-corrected chi connectivity index (χ2v) is 6.51. The number of nitrogens with zero attached hydrogens (tertiary/aromatic N) is 2. The van der Waals surface area contributed by atoms with E-state index in [2.05, 4.69) is 55.4 Å². The third kappa shape index (κ3) is 2.83. The van der Waals surface area contributed by atoms with Gasteiger partial charge in [0.1, 0.15) is 0 Å². The third-order valence-corrected chi connectivity index (χ3v) is 5.05. The number of hydrogen-bond acceptors (Lipinski definition) is 3. The van der Waals surface area contributed by atoms with Crippen molar-refractivity contribution < 1.29 is 4.79 Å². The lowest BCUT2D eigenvalue weighted by Crippen LogP contribution is -2.60. The fraction of sp³-hybridized carbons (Fsp3) is 0.588. The molecule has 0 aliphatic carbocycles. The van der Waals surface area contributed by atoms with Crippen molar-refractivity contribution >= 4 is 5.91 Å². The molecule has 0 saturated carbocycles. The van der Waals surface area contributed by atoms with Crippen molar-refractivity contribution in [2.24, 2.45) is 0 Å². The van der Waals surface area contributed by atoms with Crippen LogP contribution in [0.2, 0.25) is 0 Å². The van der Waals surface area contributed by atoms with Crippen molar-refractivity contribution in [1.29, 1.82) is 0 Å². The van der Waals surface area contributed by atoms with Crippen molar-refractivity contribution in [1.82, 2.24) is 15.1 Å². The van der Waals surface area contributed by atoms with Gasteiger partial charge in [-0.2, -0.15) is 0 Å². The zero-order chi connectivity index (χ0) is 15.0. The Morgan fingerprint density at radius 3 is 2.43 bits per heavy atom. The van der Waals surface area contributed by atoms with Gasteiger partial charge in [-0.25, -0.2) is 0 Å². The highest BCUT2D eigenvalue weighted by molar-refractivity contribution is 5.82. The van der Waals surface area contributed by atoms with E-state index in [1.54, 1.807) is 0 Å². The molecule has 1 saturated heterocycles. The van der Waals surface area contributed by atoms with Gasteiger partial charge in [0.15, 0.2) is 0 Å². The van der Waals surface area contributed by atoms with Gasteiger partial charge in [0.2, 0.25) is 5.91 Å². The van der Waals surface area contributed by atoms with Crippen LogP contribution < -0.4 is 5.32 Å². The van der Waals surface area contributed by atoms with E-state index in [4.69, 9.17) is 0 Å². The van der Waals surface area contributed by atoms with Gasteiger partial charge in [-0.3, -0.25) is 9.69 Å². The van der Waals surface area contributed by atoms with Crippen molar-refractivity contribution in [2.75, 3.05) is 20.1 Å². The highest BCUT2D eigenvalue weighted by atomic mass is 16.2. The van der Waals surface area contributed by atoms with Gasteiger partial charge >= 0.3 is 0 Å². The predicted octanol–water partition coefficient (Wildman–Crippen LogP) is 1.25. The molecule has 2 aliphatic rings. The van der Waals surface area contributed by atoms with E-state index < -0.39 is 0 Å². The van der Waals surface area contributed by atoms with E-state index in [9.17, 15) is 4.79 Å². The lowest BCUT2D eigenvalue weighted by atomic mass is 9.94. The number of carbonyl (C=O) groups excluding carboxylic acids is 1. The number of nitrogens with one attached hydrogen (secondary N) is 1. The SMILES string of the molecule is CC1CN(C(=O)C2Cc3ccccc3CN2)CC(C)N1C. The van der Waals surface area contributed by atoms with Crippen LogP contribution in [-0.4, -0.2) is 54.0 Å². The van der Waals surface area contributed by atoms with Gasteiger partial charge in [-0.1, -0.05) is 24.3 Å². The zero-order valence-corrected chi connectivity index (χ0v) is 13.2. The Kier molecular flexibility index (Phi) is 4.00. The Bertz CT molecular complexity index is 519. The minimum absolute atomic E-state index is 0.0669. The zero-order valence-electron chi connectivity index (χ0n) is 13.2. The molecule has 0 spiro atoms. The van der Waals surface area contributed by atoms with Crippen LogP contribution in [0.25, 0.3) is 0 Å². The van der Waals surface area contributed by atoms with Crippen molar-refractivity contribution in [3.05, 3.63) is 35.4 Å². The van der Waals surface area contributed by atoms with E-state index in [0.717, 1.165) is 26.1 Å². The minimum Gasteiger partial charge on any atom is -0.338 e. The average molecular weight is 287 g/mol. The number of carbonyl (C=O) groups is 1. The molecule has 1 amide bonds. The van der Waals surface area contributed by atoms with Crippen molar-refractivity contribution in [2.45, 2.75) is 44.9 Å². The number of piperazine rings is 1. The molecule has 1 aromatic carbocycles. The quantitative estimate of drug-likeness (QED) is 0.844. The van der Waals surface area contributed by atoms with Crippen LogP contribution in [0.5, 0.6) is 0 Å². The molecule has 2 aliphatic heterocycles. The Morgan fingerprint density at radius 2 is 1.76 bits per heavy atom. The first-order valence-electron chi connectivity index (χ1n) is 7.87. The van der Waals surface area contributed by atoms with Gasteiger partial charge in [-0.15, -0.1) is 0 Å². The normalized spacial score (nSPS) is 30.0. The van der Waals surface area contributed by atoms with E-state index in [1.165, 1.54) is 11.1 Å². The lowest BCUT2D eigenvalue weighted by Gasteiger charge is -2.43. The second-order valence-electron chi connectivity index (χ2n) is 6.51. The molecule has 2 heterocycles. The van der Waals surface area contributed by atoms with E-state index >= 15 is 0 Å². The molecule has 1 N–H and O–H groups in total. The molecule has 1 fully saturated rings. The summed E-state index contributed by atoms with van der Waals surface area (Å²) in [6.07, 6.45) is 0.810. The number of benzene rings is 1. The highest BCUT2D eigenvalue weighted by Crippen LogP contribution is 2.20. The fourth-order valence-corrected chi connectivity index (χ4v) is 3.43. The Labute approximate surface area is 127 Å². The summed E-state index contributed by atoms with van der Waals surface area (Å²) in [6, 6.07) is 9.19. The molecular weight excluding hydrogens is 262 g/mol. The van der Waals surface area contributed by atoms with Crippen LogP contribution in [0, 0.1) is 0 Å². The maximum absolute atomic E-state index is 12.8. The number of likely N-dealkylation sites (N-methyl/N-ethyl adjacent to an activating group) is 1. The molecule has 3 rings (SSSR count). The van der Waals surface area contributed by atoms with Crippen LogP contribution in [0.4, 0.5) is 0 Å². The standard InChI is InChI=1S/C17H25N3O/c1-12-10-20(11-13(2)19(12)3)17(21)16-8-14-6-4-5-7-15(14)9-18-16/h4-7,12-13,16,18H,8-11H2,1-3H3. The second kappa shape index (κ2) is 5.78. The predicted molar refractivity (Wildman–Crippen MR) is 84.0 cm³/mol. The summed E-state index contributed by atoms with van der Waals surface area (Å²) in [5.74, 6) is 0.260. The van der Waals surface area contributed by atoms with E-state index in [-0.39, 0.29) is 11.9 Å². The summed E-state index contributed by atoms with van der Waals surface area (Å²) >= 11 is 0. The monoisotopic (exact) mass is 287 g/mol. The summed E-state index contributed by atoms with van der Waals surface area (Å²) in [5, 5.41) is 3.41. The first kappa shape index (κ1) is 14.5. The Morgan fingerprint density at radius 1 is 1.14 bits per heavy atom. The van der Waals surface area contributed by atoms with Crippen LogP contribution in [0.15, 0.2) is 24.3 Å². The van der Waals surface area contributed by atoms with Gasteiger partial charge in [0.05, 0.1) is 6.04 Å². The molecule has 1 aromatic rings. The Balaban J connectivity index is 1.69. The minimum atomic E-state index is -0.0669. The van der Waals surface area contributed by atoms with Crippen LogP contribution in [-0.2, 0) is 17.8 Å². The molecule has 4 nitrogen and oxygen atoms in total. The summed E-state index contributed by atoms with van der Waals surface area (Å²) in [7, 11) is 2.15. The number of fused-ring (bicyclic) bond motifs is 1.